The van der Waals surface area contributed by atoms with Gasteiger partial charge < -0.3 is 4.74 Å². The first-order chi connectivity index (χ1) is 13.7. The number of hydrogen-bond acceptors (Lipinski definition) is 7. The molecule has 1 aromatic carbocycles. The Morgan fingerprint density at radius 1 is 1.24 bits per heavy atom. The van der Waals surface area contributed by atoms with E-state index in [0.29, 0.717) is 27.4 Å². The lowest BCUT2D eigenvalue weighted by Gasteiger charge is -2.18. The van der Waals surface area contributed by atoms with Crippen molar-refractivity contribution in [2.24, 2.45) is 0 Å². The molecule has 2 rings (SSSR count). The highest BCUT2D eigenvalue weighted by Gasteiger charge is 2.30. The second-order valence-corrected chi connectivity index (χ2v) is 7.69. The Bertz CT molecular complexity index is 1010. The van der Waals surface area contributed by atoms with Crippen LogP contribution in [0.3, 0.4) is 0 Å². The van der Waals surface area contributed by atoms with Crippen LogP contribution in [0.2, 0.25) is 5.02 Å². The fourth-order valence-electron chi connectivity index (χ4n) is 2.83. The molecule has 0 aliphatic carbocycles. The maximum absolute atomic E-state index is 12.3. The van der Waals surface area contributed by atoms with Gasteiger partial charge in [-0.05, 0) is 45.4 Å². The maximum atomic E-state index is 12.3. The smallest absolute Gasteiger partial charge is 0.327 e. The first-order valence-electron chi connectivity index (χ1n) is 8.76. The van der Waals surface area contributed by atoms with Crippen molar-refractivity contribution in [1.82, 2.24) is 4.98 Å². The van der Waals surface area contributed by atoms with E-state index in [1.165, 1.54) is 13.8 Å². The number of ether oxygens (including phenoxy) is 1. The Morgan fingerprint density at radius 2 is 1.86 bits per heavy atom. The van der Waals surface area contributed by atoms with Crippen LogP contribution in [-0.4, -0.2) is 34.4 Å². The molecule has 0 radical (unpaired) electrons. The molecule has 8 heteroatoms. The average molecular weight is 431 g/mol. The van der Waals surface area contributed by atoms with Crippen molar-refractivity contribution < 1.29 is 19.1 Å². The predicted molar refractivity (Wildman–Crippen MR) is 111 cm³/mol. The summed E-state index contributed by atoms with van der Waals surface area (Å²) in [5, 5.41) is 9.41. The highest BCUT2D eigenvalue weighted by atomic mass is 35.5. The zero-order valence-corrected chi connectivity index (χ0v) is 18.0. The van der Waals surface area contributed by atoms with Crippen LogP contribution < -0.4 is 0 Å². The van der Waals surface area contributed by atoms with Crippen LogP contribution in [0.1, 0.15) is 42.4 Å². The minimum atomic E-state index is -1.16. The largest absolute Gasteiger partial charge is 0.465 e. The van der Waals surface area contributed by atoms with Crippen LogP contribution in [0, 0.1) is 18.3 Å². The number of pyridine rings is 1. The molecule has 0 saturated heterocycles. The molecule has 0 spiro atoms. The van der Waals surface area contributed by atoms with Crippen LogP contribution in [0.4, 0.5) is 0 Å². The number of ketones is 2. The Labute approximate surface area is 178 Å². The van der Waals surface area contributed by atoms with Crippen LogP contribution in [0.15, 0.2) is 29.3 Å². The third-order valence-electron chi connectivity index (χ3n) is 4.04. The van der Waals surface area contributed by atoms with Gasteiger partial charge in [0, 0.05) is 16.1 Å². The summed E-state index contributed by atoms with van der Waals surface area (Å²) in [6, 6.07) is 8.79. The first kappa shape index (κ1) is 22.6. The molecule has 0 aliphatic rings. The molecule has 0 bridgehead atoms. The normalized spacial score (nSPS) is 11.4. The van der Waals surface area contributed by atoms with E-state index in [9.17, 15) is 19.6 Å². The number of aryl methyl sites for hydroxylation is 1. The van der Waals surface area contributed by atoms with E-state index in [4.69, 9.17) is 16.3 Å². The maximum Gasteiger partial charge on any atom is 0.327 e. The lowest BCUT2D eigenvalue weighted by atomic mass is 9.93. The molecular formula is C21H19ClN2O4S. The minimum Gasteiger partial charge on any atom is -0.465 e. The molecule has 6 nitrogen and oxygen atoms in total. The number of nitriles is 1. The van der Waals surface area contributed by atoms with Gasteiger partial charge in [-0.1, -0.05) is 35.5 Å². The molecule has 150 valence electrons. The van der Waals surface area contributed by atoms with Gasteiger partial charge in [0.2, 0.25) is 0 Å². The Balaban J connectivity index is 2.73. The fraction of sp³-hybridized carbons (Fsp3) is 0.286. The molecule has 29 heavy (non-hydrogen) atoms. The van der Waals surface area contributed by atoms with E-state index in [1.54, 1.807) is 38.1 Å². The SMILES string of the molecule is CCOC(=O)C(Sc1nc(C)c(C(C)=O)c(-c2ccc(Cl)cc2)c1C#N)C(C)=O. The van der Waals surface area contributed by atoms with E-state index in [0.717, 1.165) is 11.8 Å². The summed E-state index contributed by atoms with van der Waals surface area (Å²) in [5.74, 6) is -1.36. The van der Waals surface area contributed by atoms with Crippen molar-refractivity contribution in [3.8, 4) is 17.2 Å². The number of Topliss-reactive ketones (excluding diaryl/α,β-unsaturated/α-hetero) is 2. The molecule has 1 atom stereocenters. The van der Waals surface area contributed by atoms with Crippen molar-refractivity contribution >= 4 is 40.9 Å². The number of esters is 1. The molecule has 0 amide bonds. The van der Waals surface area contributed by atoms with Gasteiger partial charge in [-0.3, -0.25) is 14.4 Å². The summed E-state index contributed by atoms with van der Waals surface area (Å²) >= 11 is 6.82. The number of carbonyl (C=O) groups is 3. The van der Waals surface area contributed by atoms with Crippen LogP contribution in [0.5, 0.6) is 0 Å². The monoisotopic (exact) mass is 430 g/mol. The topological polar surface area (TPSA) is 97.1 Å². The molecule has 0 N–H and O–H groups in total. The van der Waals surface area contributed by atoms with Crippen molar-refractivity contribution in [2.75, 3.05) is 6.61 Å². The summed E-state index contributed by atoms with van der Waals surface area (Å²) < 4.78 is 4.97. The fourth-order valence-corrected chi connectivity index (χ4v) is 3.96. The first-order valence-corrected chi connectivity index (χ1v) is 10.0. The number of aromatic nitrogens is 1. The summed E-state index contributed by atoms with van der Waals surface area (Å²) in [5.41, 5.74) is 1.83. The van der Waals surface area contributed by atoms with Crippen molar-refractivity contribution in [1.29, 1.82) is 5.26 Å². The third-order valence-corrected chi connectivity index (χ3v) is 5.57. The average Bonchev–Trinajstić information content (AvgIpc) is 2.65. The van der Waals surface area contributed by atoms with Gasteiger partial charge in [-0.2, -0.15) is 5.26 Å². The van der Waals surface area contributed by atoms with Gasteiger partial charge in [0.15, 0.2) is 16.8 Å². The van der Waals surface area contributed by atoms with E-state index < -0.39 is 17.0 Å². The molecule has 1 unspecified atom stereocenters. The van der Waals surface area contributed by atoms with Crippen LogP contribution in [0.25, 0.3) is 11.1 Å². The number of benzene rings is 1. The van der Waals surface area contributed by atoms with Crippen molar-refractivity contribution in [3.63, 3.8) is 0 Å². The summed E-state index contributed by atoms with van der Waals surface area (Å²) in [6.45, 7) is 6.09. The van der Waals surface area contributed by atoms with Crippen molar-refractivity contribution in [3.05, 3.63) is 46.1 Å². The summed E-state index contributed by atoms with van der Waals surface area (Å²) in [6.07, 6.45) is 0. The highest BCUT2D eigenvalue weighted by molar-refractivity contribution is 8.01. The lowest BCUT2D eigenvalue weighted by molar-refractivity contribution is -0.144. The van der Waals surface area contributed by atoms with Gasteiger partial charge >= 0.3 is 5.97 Å². The molecule has 2 aromatic rings. The van der Waals surface area contributed by atoms with Crippen molar-refractivity contribution in [2.45, 2.75) is 38.0 Å². The van der Waals surface area contributed by atoms with E-state index >= 15 is 0 Å². The van der Waals surface area contributed by atoms with Crippen LogP contribution in [-0.2, 0) is 14.3 Å². The summed E-state index contributed by atoms with van der Waals surface area (Å²) in [7, 11) is 0. The second kappa shape index (κ2) is 9.68. The number of rotatable bonds is 7. The highest BCUT2D eigenvalue weighted by Crippen LogP contribution is 2.37. The molecule has 1 aromatic heterocycles. The molecule has 0 aliphatic heterocycles. The summed E-state index contributed by atoms with van der Waals surface area (Å²) in [4.78, 5) is 40.9. The van der Waals surface area contributed by atoms with Crippen LogP contribution >= 0.6 is 23.4 Å². The number of carbonyl (C=O) groups excluding carboxylic acids is 3. The second-order valence-electron chi connectivity index (χ2n) is 6.16. The number of hydrogen-bond donors (Lipinski definition) is 0. The quantitative estimate of drug-likeness (QED) is 0.278. The Morgan fingerprint density at radius 3 is 2.34 bits per heavy atom. The molecule has 0 saturated carbocycles. The Hall–Kier alpha value is -2.69. The van der Waals surface area contributed by atoms with E-state index in [-0.39, 0.29) is 23.0 Å². The Kier molecular flexibility index (Phi) is 7.54. The minimum absolute atomic E-state index is 0.115. The predicted octanol–water partition coefficient (Wildman–Crippen LogP) is 4.40. The number of thioether (sulfide) groups is 1. The van der Waals surface area contributed by atoms with Gasteiger partial charge in [-0.15, -0.1) is 0 Å². The molecule has 1 heterocycles. The zero-order valence-electron chi connectivity index (χ0n) is 16.4. The molecular weight excluding hydrogens is 412 g/mol. The van der Waals surface area contributed by atoms with Gasteiger partial charge in [0.1, 0.15) is 11.1 Å². The third kappa shape index (κ3) is 5.03. The number of halogens is 1. The molecule has 0 fully saturated rings. The van der Waals surface area contributed by atoms with E-state index in [1.807, 2.05) is 0 Å². The van der Waals surface area contributed by atoms with Gasteiger partial charge in [0.25, 0.3) is 0 Å². The number of nitrogens with zero attached hydrogens (tertiary/aromatic N) is 2. The standard InChI is InChI=1S/C21H19ClN2O4S/c1-5-28-21(27)19(13(4)26)29-20-16(10-23)18(14-6-8-15(22)9-7-14)17(12(3)25)11(2)24-20/h6-9,19H,5H2,1-4H3. The van der Waals surface area contributed by atoms with E-state index in [2.05, 4.69) is 11.1 Å². The van der Waals surface area contributed by atoms with Gasteiger partial charge in [-0.25, -0.2) is 4.98 Å². The van der Waals surface area contributed by atoms with Gasteiger partial charge in [0.05, 0.1) is 17.9 Å². The zero-order chi connectivity index (χ0) is 21.7. The lowest BCUT2D eigenvalue weighted by Crippen LogP contribution is -2.27.